The summed E-state index contributed by atoms with van der Waals surface area (Å²) in [6.45, 7) is 0.555. The normalized spacial score (nSPS) is 19.1. The van der Waals surface area contributed by atoms with Crippen LogP contribution in [0.5, 0.6) is 0 Å². The van der Waals surface area contributed by atoms with Crippen molar-refractivity contribution in [3.63, 3.8) is 0 Å². The summed E-state index contributed by atoms with van der Waals surface area (Å²) in [6, 6.07) is 18.2. The van der Waals surface area contributed by atoms with E-state index in [0.29, 0.717) is 13.0 Å². The fraction of sp³-hybridized carbons (Fsp3) is 0.263. The number of carboxylic acid groups (broad SMARTS) is 1. The van der Waals surface area contributed by atoms with Crippen molar-refractivity contribution in [1.82, 2.24) is 4.90 Å². The van der Waals surface area contributed by atoms with Crippen LogP contribution in [0.2, 0.25) is 0 Å². The van der Waals surface area contributed by atoms with Gasteiger partial charge in [0.1, 0.15) is 6.61 Å². The van der Waals surface area contributed by atoms with Gasteiger partial charge in [0.05, 0.1) is 12.0 Å². The third-order valence-electron chi connectivity index (χ3n) is 4.30. The molecule has 2 aromatic rings. The predicted octanol–water partition coefficient (Wildman–Crippen LogP) is 2.82. The van der Waals surface area contributed by atoms with Gasteiger partial charge in [0.25, 0.3) is 0 Å². The van der Waals surface area contributed by atoms with Gasteiger partial charge in [-0.1, -0.05) is 60.7 Å². The van der Waals surface area contributed by atoms with E-state index in [9.17, 15) is 14.7 Å². The van der Waals surface area contributed by atoms with Crippen molar-refractivity contribution in [3.05, 3.63) is 71.8 Å². The Labute approximate surface area is 168 Å². The van der Waals surface area contributed by atoms with Crippen LogP contribution in [0, 0.1) is 5.92 Å². The molecular weight excluding hydrogens is 329 g/mol. The average Bonchev–Trinajstić information content (AvgIpc) is 3.07. The number of hydrogen-bond acceptors (Lipinski definition) is 3. The Morgan fingerprint density at radius 1 is 1.04 bits per heavy atom. The first-order chi connectivity index (χ1) is 11.7. The molecule has 0 spiro atoms. The van der Waals surface area contributed by atoms with E-state index in [-0.39, 0.29) is 36.2 Å². The Morgan fingerprint density at radius 2 is 1.64 bits per heavy atom. The average molecular weight is 349 g/mol. The van der Waals surface area contributed by atoms with E-state index >= 15 is 0 Å². The second-order valence-electron chi connectivity index (χ2n) is 5.82. The molecule has 2 atom stereocenters. The monoisotopic (exact) mass is 349 g/mol. The summed E-state index contributed by atoms with van der Waals surface area (Å²) >= 11 is 0. The predicted molar refractivity (Wildman–Crippen MR) is 95.4 cm³/mol. The molecule has 1 heterocycles. The summed E-state index contributed by atoms with van der Waals surface area (Å²) in [5, 5.41) is 9.47. The molecule has 0 saturated carbocycles. The Hall–Kier alpha value is -1.82. The second kappa shape index (κ2) is 9.04. The van der Waals surface area contributed by atoms with Gasteiger partial charge in [-0.2, -0.15) is 0 Å². The SMILES string of the molecule is O=C(O)C1CCN(C(=O)OCc2ccccc2)C1c1ccccc1.[NaH]. The van der Waals surface area contributed by atoms with Crippen molar-refractivity contribution in [3.8, 4) is 0 Å². The maximum absolute atomic E-state index is 12.5. The van der Waals surface area contributed by atoms with Crippen LogP contribution in [0.1, 0.15) is 23.6 Å². The number of aliphatic carboxylic acids is 1. The number of hydrogen-bond donors (Lipinski definition) is 1. The molecule has 1 aliphatic rings. The molecule has 0 radical (unpaired) electrons. The number of ether oxygens (including phenoxy) is 1. The maximum atomic E-state index is 12.5. The molecule has 1 aliphatic heterocycles. The van der Waals surface area contributed by atoms with Crippen LogP contribution in [0.3, 0.4) is 0 Å². The summed E-state index contributed by atoms with van der Waals surface area (Å²) in [7, 11) is 0. The Kier molecular flexibility index (Phi) is 7.05. The number of nitrogens with zero attached hydrogens (tertiary/aromatic N) is 1. The molecule has 5 nitrogen and oxygen atoms in total. The number of benzene rings is 2. The quantitative estimate of drug-likeness (QED) is 0.862. The number of carboxylic acids is 1. The van der Waals surface area contributed by atoms with Gasteiger partial charge in [-0.3, -0.25) is 4.79 Å². The van der Waals surface area contributed by atoms with Crippen LogP contribution in [0.4, 0.5) is 4.79 Å². The van der Waals surface area contributed by atoms with Crippen molar-refractivity contribution in [1.29, 1.82) is 0 Å². The fourth-order valence-corrected chi connectivity index (χ4v) is 3.12. The summed E-state index contributed by atoms with van der Waals surface area (Å²) in [5.74, 6) is -1.50. The van der Waals surface area contributed by atoms with Crippen molar-refractivity contribution < 1.29 is 19.4 Å². The van der Waals surface area contributed by atoms with E-state index in [2.05, 4.69) is 0 Å². The Balaban J connectivity index is 0.00000225. The summed E-state index contributed by atoms with van der Waals surface area (Å²) in [6.07, 6.45) is -0.0496. The van der Waals surface area contributed by atoms with E-state index in [1.165, 1.54) is 4.90 Å². The van der Waals surface area contributed by atoms with E-state index in [1.807, 2.05) is 60.7 Å². The molecule has 6 heteroatoms. The zero-order valence-corrected chi connectivity index (χ0v) is 13.2. The molecule has 1 saturated heterocycles. The van der Waals surface area contributed by atoms with Crippen LogP contribution < -0.4 is 0 Å². The van der Waals surface area contributed by atoms with Gasteiger partial charge in [0, 0.05) is 6.54 Å². The fourth-order valence-electron chi connectivity index (χ4n) is 3.12. The Bertz CT molecular complexity index is 708. The second-order valence-corrected chi connectivity index (χ2v) is 5.82. The van der Waals surface area contributed by atoms with Crippen LogP contribution in [0.15, 0.2) is 60.7 Å². The molecule has 1 N–H and O–H groups in total. The molecule has 3 rings (SSSR count). The first-order valence-corrected chi connectivity index (χ1v) is 7.92. The van der Waals surface area contributed by atoms with Gasteiger partial charge >= 0.3 is 41.6 Å². The summed E-state index contributed by atoms with van der Waals surface area (Å²) in [4.78, 5) is 25.6. The molecule has 0 bridgehead atoms. The molecule has 1 fully saturated rings. The van der Waals surface area contributed by atoms with Gasteiger partial charge in [0.2, 0.25) is 0 Å². The molecule has 2 aromatic carbocycles. The van der Waals surface area contributed by atoms with E-state index < -0.39 is 24.0 Å². The van der Waals surface area contributed by atoms with Gasteiger partial charge in [0.15, 0.2) is 0 Å². The van der Waals surface area contributed by atoms with Crippen LogP contribution >= 0.6 is 0 Å². The van der Waals surface area contributed by atoms with E-state index in [4.69, 9.17) is 4.74 Å². The van der Waals surface area contributed by atoms with Crippen LogP contribution in [-0.4, -0.2) is 58.2 Å². The topological polar surface area (TPSA) is 66.8 Å². The van der Waals surface area contributed by atoms with Crippen molar-refractivity contribution >= 4 is 41.6 Å². The minimum absolute atomic E-state index is 0. The first kappa shape index (κ1) is 19.5. The number of rotatable bonds is 4. The van der Waals surface area contributed by atoms with Gasteiger partial charge < -0.3 is 14.7 Å². The van der Waals surface area contributed by atoms with Gasteiger partial charge in [-0.15, -0.1) is 0 Å². The van der Waals surface area contributed by atoms with E-state index in [1.54, 1.807) is 0 Å². The zero-order valence-electron chi connectivity index (χ0n) is 13.2. The molecule has 0 aliphatic carbocycles. The number of amides is 1. The molecule has 25 heavy (non-hydrogen) atoms. The van der Waals surface area contributed by atoms with Crippen molar-refractivity contribution in [2.45, 2.75) is 19.1 Å². The van der Waals surface area contributed by atoms with Gasteiger partial charge in [-0.05, 0) is 17.5 Å². The van der Waals surface area contributed by atoms with E-state index in [0.717, 1.165) is 11.1 Å². The number of carbonyl (C=O) groups is 2. The summed E-state index contributed by atoms with van der Waals surface area (Å²) in [5.41, 5.74) is 1.72. The number of likely N-dealkylation sites (tertiary alicyclic amines) is 1. The minimum atomic E-state index is -0.887. The zero-order chi connectivity index (χ0) is 16.9. The third kappa shape index (κ3) is 4.63. The third-order valence-corrected chi connectivity index (χ3v) is 4.30. The van der Waals surface area contributed by atoms with Crippen molar-refractivity contribution in [2.75, 3.05) is 6.54 Å². The van der Waals surface area contributed by atoms with Gasteiger partial charge in [-0.25, -0.2) is 4.79 Å². The molecule has 2 unspecified atom stereocenters. The Morgan fingerprint density at radius 3 is 2.24 bits per heavy atom. The molecular formula is C19H20NNaO4. The molecule has 126 valence electrons. The van der Waals surface area contributed by atoms with Crippen LogP contribution in [-0.2, 0) is 16.1 Å². The molecule has 0 aromatic heterocycles. The molecule has 1 amide bonds. The van der Waals surface area contributed by atoms with Crippen LogP contribution in [0.25, 0.3) is 0 Å². The number of carbonyl (C=O) groups excluding carboxylic acids is 1. The summed E-state index contributed by atoms with van der Waals surface area (Å²) < 4.78 is 5.39. The standard InChI is InChI=1S/C19H19NO4.Na.H/c21-18(22)16-11-12-20(17(16)15-9-5-2-6-10-15)19(23)24-13-14-7-3-1-4-8-14;;/h1-10,16-17H,11-13H2,(H,21,22);;. The van der Waals surface area contributed by atoms with Crippen molar-refractivity contribution in [2.24, 2.45) is 5.92 Å². The first-order valence-electron chi connectivity index (χ1n) is 7.92.